The van der Waals surface area contributed by atoms with E-state index in [-0.39, 0.29) is 17.9 Å². The summed E-state index contributed by atoms with van der Waals surface area (Å²) < 4.78 is 10.5. The van der Waals surface area contributed by atoms with Crippen molar-refractivity contribution in [3.8, 4) is 5.75 Å². The number of rotatable bonds is 9. The van der Waals surface area contributed by atoms with Crippen LogP contribution in [0, 0.1) is 5.41 Å². The van der Waals surface area contributed by atoms with Gasteiger partial charge in [0.25, 0.3) is 0 Å². The van der Waals surface area contributed by atoms with E-state index in [4.69, 9.17) is 9.47 Å². The average molecular weight is 334 g/mol. The number of amides is 2. The first kappa shape index (κ1) is 18.3. The molecule has 1 fully saturated rings. The molecule has 2 N–H and O–H groups in total. The van der Waals surface area contributed by atoms with Gasteiger partial charge in [-0.3, -0.25) is 9.59 Å². The minimum atomic E-state index is -0.916. The monoisotopic (exact) mass is 334 g/mol. The van der Waals surface area contributed by atoms with Crippen molar-refractivity contribution in [1.29, 1.82) is 0 Å². The maximum Gasteiger partial charge on any atom is 0.240 e. The highest BCUT2D eigenvalue weighted by Gasteiger charge is 2.56. The highest BCUT2D eigenvalue weighted by atomic mass is 16.5. The summed E-state index contributed by atoms with van der Waals surface area (Å²) in [4.78, 5) is 24.7. The van der Waals surface area contributed by atoms with Crippen molar-refractivity contribution in [2.75, 3.05) is 25.6 Å². The summed E-state index contributed by atoms with van der Waals surface area (Å²) in [5.74, 6) is 0.306. The highest BCUT2D eigenvalue weighted by Crippen LogP contribution is 2.46. The molecule has 6 nitrogen and oxygen atoms in total. The number of carbonyl (C=O) groups excluding carboxylic acids is 2. The summed E-state index contributed by atoms with van der Waals surface area (Å²) in [5.41, 5.74) is -0.255. The summed E-state index contributed by atoms with van der Waals surface area (Å²) in [7, 11) is 1.62. The lowest BCUT2D eigenvalue weighted by Gasteiger charge is -2.16. The summed E-state index contributed by atoms with van der Waals surface area (Å²) in [6, 6.07) is 7.17. The van der Waals surface area contributed by atoms with Crippen molar-refractivity contribution in [3.05, 3.63) is 24.3 Å². The van der Waals surface area contributed by atoms with Crippen LogP contribution in [0.5, 0.6) is 5.75 Å². The molecular formula is C18H26N2O4. The fourth-order valence-corrected chi connectivity index (χ4v) is 2.41. The van der Waals surface area contributed by atoms with Gasteiger partial charge in [-0.15, -0.1) is 0 Å². The largest absolute Gasteiger partial charge is 0.491 e. The second kappa shape index (κ2) is 8.15. The molecule has 0 heterocycles. The predicted octanol–water partition coefficient (Wildman–Crippen LogP) is 2.35. The van der Waals surface area contributed by atoms with E-state index in [1.165, 1.54) is 0 Å². The van der Waals surface area contributed by atoms with Gasteiger partial charge >= 0.3 is 0 Å². The zero-order valence-electron chi connectivity index (χ0n) is 14.6. The Morgan fingerprint density at radius 3 is 2.38 bits per heavy atom. The number of ether oxygens (including phenoxy) is 2. The molecule has 0 unspecified atom stereocenters. The topological polar surface area (TPSA) is 76.7 Å². The molecule has 0 bridgehead atoms. The zero-order chi connectivity index (χ0) is 17.6. The maximum atomic E-state index is 12.5. The fraction of sp³-hybridized carbons (Fsp3) is 0.556. The molecule has 2 amide bonds. The van der Waals surface area contributed by atoms with E-state index in [0.29, 0.717) is 31.7 Å². The van der Waals surface area contributed by atoms with Gasteiger partial charge in [-0.05, 0) is 57.4 Å². The Morgan fingerprint density at radius 2 is 1.83 bits per heavy atom. The van der Waals surface area contributed by atoms with Gasteiger partial charge in [-0.1, -0.05) is 0 Å². The van der Waals surface area contributed by atoms with Gasteiger partial charge in [0, 0.05) is 25.9 Å². The van der Waals surface area contributed by atoms with Crippen LogP contribution in [0.25, 0.3) is 0 Å². The smallest absolute Gasteiger partial charge is 0.240 e. The van der Waals surface area contributed by atoms with Crippen molar-refractivity contribution >= 4 is 17.5 Å². The van der Waals surface area contributed by atoms with E-state index >= 15 is 0 Å². The zero-order valence-corrected chi connectivity index (χ0v) is 14.6. The Morgan fingerprint density at radius 1 is 1.17 bits per heavy atom. The van der Waals surface area contributed by atoms with Crippen molar-refractivity contribution < 1.29 is 19.1 Å². The normalized spacial score (nSPS) is 15.0. The molecule has 0 spiro atoms. The molecule has 0 atom stereocenters. The van der Waals surface area contributed by atoms with Crippen LogP contribution >= 0.6 is 0 Å². The molecule has 0 radical (unpaired) electrons. The van der Waals surface area contributed by atoms with E-state index in [1.807, 2.05) is 13.8 Å². The third-order valence-electron chi connectivity index (χ3n) is 3.91. The maximum absolute atomic E-state index is 12.5. The first-order chi connectivity index (χ1) is 11.5. The van der Waals surface area contributed by atoms with E-state index in [2.05, 4.69) is 10.6 Å². The lowest BCUT2D eigenvalue weighted by Crippen LogP contribution is -2.40. The molecule has 2 rings (SSSR count). The molecule has 24 heavy (non-hydrogen) atoms. The van der Waals surface area contributed by atoms with Gasteiger partial charge in [0.1, 0.15) is 11.2 Å². The third-order valence-corrected chi connectivity index (χ3v) is 3.91. The number of hydrogen-bond acceptors (Lipinski definition) is 4. The lowest BCUT2D eigenvalue weighted by molar-refractivity contribution is -0.134. The molecule has 6 heteroatoms. The Kier molecular flexibility index (Phi) is 6.20. The first-order valence-corrected chi connectivity index (χ1v) is 8.33. The Balaban J connectivity index is 1.88. The van der Waals surface area contributed by atoms with Gasteiger partial charge in [-0.2, -0.15) is 0 Å². The van der Waals surface area contributed by atoms with Gasteiger partial charge in [0.05, 0.1) is 6.10 Å². The molecule has 0 aliphatic heterocycles. The molecule has 1 saturated carbocycles. The standard InChI is InChI=1S/C18H26N2O4/c1-13(2)24-15-7-5-14(6-8-15)20-17(22)18(9-10-18)16(21)19-11-4-12-23-3/h5-8,13H,4,9-12H2,1-3H3,(H,19,21)(H,20,22). The molecule has 132 valence electrons. The average Bonchev–Trinajstić information content (AvgIpc) is 3.34. The minimum Gasteiger partial charge on any atom is -0.491 e. The molecule has 1 aromatic rings. The summed E-state index contributed by atoms with van der Waals surface area (Å²) in [6.45, 7) is 5.02. The van der Waals surface area contributed by atoms with Gasteiger partial charge < -0.3 is 20.1 Å². The van der Waals surface area contributed by atoms with Crippen LogP contribution in [0.3, 0.4) is 0 Å². The third kappa shape index (κ3) is 4.71. The van der Waals surface area contributed by atoms with Crippen LogP contribution in [-0.2, 0) is 14.3 Å². The van der Waals surface area contributed by atoms with Crippen LogP contribution in [-0.4, -0.2) is 38.2 Å². The number of carbonyl (C=O) groups is 2. The van der Waals surface area contributed by atoms with Gasteiger partial charge in [0.15, 0.2) is 0 Å². The van der Waals surface area contributed by atoms with Crippen LogP contribution in [0.2, 0.25) is 0 Å². The number of methoxy groups -OCH3 is 1. The molecule has 1 aliphatic rings. The Bertz CT molecular complexity index is 565. The summed E-state index contributed by atoms with van der Waals surface area (Å²) in [6.07, 6.45) is 2.01. The quantitative estimate of drug-likeness (QED) is 0.537. The van der Waals surface area contributed by atoms with Crippen LogP contribution in [0.1, 0.15) is 33.1 Å². The number of nitrogens with one attached hydrogen (secondary N) is 2. The second-order valence-corrected chi connectivity index (χ2v) is 6.33. The number of benzene rings is 1. The lowest BCUT2D eigenvalue weighted by atomic mass is 10.0. The molecule has 1 aromatic carbocycles. The van der Waals surface area contributed by atoms with E-state index in [9.17, 15) is 9.59 Å². The molecule has 0 aromatic heterocycles. The highest BCUT2D eigenvalue weighted by molar-refractivity contribution is 6.13. The molecular weight excluding hydrogens is 308 g/mol. The van der Waals surface area contributed by atoms with Crippen LogP contribution in [0.15, 0.2) is 24.3 Å². The van der Waals surface area contributed by atoms with E-state index in [1.54, 1.807) is 31.4 Å². The van der Waals surface area contributed by atoms with Crippen molar-refractivity contribution in [2.24, 2.45) is 5.41 Å². The van der Waals surface area contributed by atoms with E-state index in [0.717, 1.165) is 12.2 Å². The fourth-order valence-electron chi connectivity index (χ4n) is 2.41. The van der Waals surface area contributed by atoms with Gasteiger partial charge in [-0.25, -0.2) is 0 Å². The Labute approximate surface area is 142 Å². The van der Waals surface area contributed by atoms with E-state index < -0.39 is 5.41 Å². The second-order valence-electron chi connectivity index (χ2n) is 6.33. The van der Waals surface area contributed by atoms with Crippen LogP contribution in [0.4, 0.5) is 5.69 Å². The molecule has 0 saturated heterocycles. The summed E-state index contributed by atoms with van der Waals surface area (Å²) >= 11 is 0. The summed E-state index contributed by atoms with van der Waals surface area (Å²) in [5, 5.41) is 5.65. The van der Waals surface area contributed by atoms with Crippen LogP contribution < -0.4 is 15.4 Å². The SMILES string of the molecule is COCCCNC(=O)C1(C(=O)Nc2ccc(OC(C)C)cc2)CC1. The minimum absolute atomic E-state index is 0.0991. The predicted molar refractivity (Wildman–Crippen MR) is 92.0 cm³/mol. The Hall–Kier alpha value is -2.08. The van der Waals surface area contributed by atoms with Gasteiger partial charge in [0.2, 0.25) is 11.8 Å². The van der Waals surface area contributed by atoms with Crippen molar-refractivity contribution in [2.45, 2.75) is 39.2 Å². The number of anilines is 1. The first-order valence-electron chi connectivity index (χ1n) is 8.33. The van der Waals surface area contributed by atoms with Crippen molar-refractivity contribution in [3.63, 3.8) is 0 Å². The van der Waals surface area contributed by atoms with Crippen molar-refractivity contribution in [1.82, 2.24) is 5.32 Å². The number of hydrogen-bond donors (Lipinski definition) is 2. The molecule has 1 aliphatic carbocycles.